The molecule has 0 saturated heterocycles. The minimum Gasteiger partial charge on any atom is -0.496 e. The monoisotopic (exact) mass is 259 g/mol. The highest BCUT2D eigenvalue weighted by molar-refractivity contribution is 5.68. The molecule has 104 valence electrons. The third-order valence-corrected chi connectivity index (χ3v) is 3.66. The van der Waals surface area contributed by atoms with E-state index in [0.717, 1.165) is 31.7 Å². The maximum absolute atomic E-state index is 5.51. The molecule has 1 aliphatic heterocycles. The van der Waals surface area contributed by atoms with Gasteiger partial charge in [0.2, 0.25) is 0 Å². The third kappa shape index (κ3) is 3.38. The van der Waals surface area contributed by atoms with Crippen LogP contribution in [0.3, 0.4) is 0 Å². The molecule has 1 N–H and O–H groups in total. The molecule has 19 heavy (non-hydrogen) atoms. The first-order valence-corrected chi connectivity index (χ1v) is 7.11. The second-order valence-electron chi connectivity index (χ2n) is 6.18. The maximum Gasteiger partial charge on any atom is 0.122 e. The van der Waals surface area contributed by atoms with E-state index in [0.29, 0.717) is 0 Å². The number of benzene rings is 1. The molecule has 1 aromatic carbocycles. The molecule has 0 radical (unpaired) electrons. The van der Waals surface area contributed by atoms with Crippen molar-refractivity contribution in [3.8, 4) is 5.75 Å². The van der Waals surface area contributed by atoms with Crippen molar-refractivity contribution >= 4 is 5.57 Å². The molecular weight excluding hydrogens is 234 g/mol. The highest BCUT2D eigenvalue weighted by Crippen LogP contribution is 2.34. The lowest BCUT2D eigenvalue weighted by molar-refractivity contribution is 0.397. The highest BCUT2D eigenvalue weighted by atomic mass is 16.5. The van der Waals surface area contributed by atoms with Crippen LogP contribution in [0.5, 0.6) is 5.75 Å². The van der Waals surface area contributed by atoms with Crippen molar-refractivity contribution in [3.05, 3.63) is 35.4 Å². The first-order chi connectivity index (χ1) is 9.02. The number of hydrogen-bond acceptors (Lipinski definition) is 2. The Morgan fingerprint density at radius 2 is 1.95 bits per heavy atom. The maximum atomic E-state index is 5.51. The standard InChI is InChI=1S/C17H25NO/c1-17(2,3)15-12-14(7-8-16(15)19-4)13-6-5-10-18-11-9-13/h6-8,12,18H,5,9-11H2,1-4H3. The second-order valence-corrected chi connectivity index (χ2v) is 6.18. The van der Waals surface area contributed by atoms with Crippen molar-refractivity contribution in [2.45, 2.75) is 39.0 Å². The summed E-state index contributed by atoms with van der Waals surface area (Å²) < 4.78 is 5.51. The zero-order valence-electron chi connectivity index (χ0n) is 12.5. The van der Waals surface area contributed by atoms with Crippen LogP contribution in [0.4, 0.5) is 0 Å². The lowest BCUT2D eigenvalue weighted by Crippen LogP contribution is -2.14. The second kappa shape index (κ2) is 5.79. The van der Waals surface area contributed by atoms with Crippen molar-refractivity contribution < 1.29 is 4.74 Å². The van der Waals surface area contributed by atoms with Gasteiger partial charge in [0.05, 0.1) is 7.11 Å². The number of methoxy groups -OCH3 is 1. The van der Waals surface area contributed by atoms with E-state index in [2.05, 4.69) is 50.4 Å². The van der Waals surface area contributed by atoms with Crippen LogP contribution >= 0.6 is 0 Å². The number of nitrogens with one attached hydrogen (secondary N) is 1. The Bertz CT molecular complexity index is 469. The van der Waals surface area contributed by atoms with E-state index in [-0.39, 0.29) is 5.41 Å². The molecule has 1 heterocycles. The minimum absolute atomic E-state index is 0.102. The Balaban J connectivity index is 2.40. The van der Waals surface area contributed by atoms with Gasteiger partial charge in [0.15, 0.2) is 0 Å². The van der Waals surface area contributed by atoms with Gasteiger partial charge >= 0.3 is 0 Å². The molecule has 1 aromatic rings. The van der Waals surface area contributed by atoms with E-state index in [1.165, 1.54) is 16.7 Å². The summed E-state index contributed by atoms with van der Waals surface area (Å²) in [6.45, 7) is 8.86. The molecule has 0 aliphatic carbocycles. The Hall–Kier alpha value is -1.28. The molecular formula is C17H25NO. The predicted octanol–water partition coefficient (Wildman–Crippen LogP) is 3.76. The predicted molar refractivity (Wildman–Crippen MR) is 81.8 cm³/mol. The first kappa shape index (κ1) is 14.1. The smallest absolute Gasteiger partial charge is 0.122 e. The fourth-order valence-corrected chi connectivity index (χ4v) is 2.55. The zero-order chi connectivity index (χ0) is 13.9. The van der Waals surface area contributed by atoms with Crippen molar-refractivity contribution in [2.24, 2.45) is 0 Å². The van der Waals surface area contributed by atoms with Gasteiger partial charge in [0.25, 0.3) is 0 Å². The largest absolute Gasteiger partial charge is 0.496 e. The van der Waals surface area contributed by atoms with E-state index in [4.69, 9.17) is 4.74 Å². The van der Waals surface area contributed by atoms with Gasteiger partial charge in [0, 0.05) is 5.56 Å². The molecule has 0 amide bonds. The molecule has 2 heteroatoms. The van der Waals surface area contributed by atoms with Gasteiger partial charge in [-0.2, -0.15) is 0 Å². The Morgan fingerprint density at radius 3 is 2.63 bits per heavy atom. The van der Waals surface area contributed by atoms with Crippen LogP contribution in [0.15, 0.2) is 24.3 Å². The van der Waals surface area contributed by atoms with Crippen LogP contribution in [-0.4, -0.2) is 20.2 Å². The summed E-state index contributed by atoms with van der Waals surface area (Å²) in [5.41, 5.74) is 4.18. The Morgan fingerprint density at radius 1 is 1.16 bits per heavy atom. The molecule has 0 saturated carbocycles. The molecule has 0 fully saturated rings. The fraction of sp³-hybridized carbons (Fsp3) is 0.529. The summed E-state index contributed by atoms with van der Waals surface area (Å²) in [6.07, 6.45) is 4.59. The number of rotatable bonds is 2. The fourth-order valence-electron chi connectivity index (χ4n) is 2.55. The summed E-state index contributed by atoms with van der Waals surface area (Å²) in [7, 11) is 1.75. The van der Waals surface area contributed by atoms with E-state index in [1.54, 1.807) is 7.11 Å². The van der Waals surface area contributed by atoms with Crippen molar-refractivity contribution in [3.63, 3.8) is 0 Å². The Kier molecular flexibility index (Phi) is 4.31. The van der Waals surface area contributed by atoms with Crippen LogP contribution in [0.1, 0.15) is 44.7 Å². The summed E-state index contributed by atoms with van der Waals surface area (Å²) in [5.74, 6) is 0.989. The van der Waals surface area contributed by atoms with Crippen LogP contribution < -0.4 is 10.1 Å². The molecule has 0 spiro atoms. The highest BCUT2D eigenvalue weighted by Gasteiger charge is 2.20. The Labute approximate surface area is 116 Å². The summed E-state index contributed by atoms with van der Waals surface area (Å²) in [4.78, 5) is 0. The topological polar surface area (TPSA) is 21.3 Å². The van der Waals surface area contributed by atoms with Gasteiger partial charge < -0.3 is 10.1 Å². The van der Waals surface area contributed by atoms with Crippen LogP contribution in [-0.2, 0) is 5.41 Å². The normalized spacial score (nSPS) is 16.7. The lowest BCUT2D eigenvalue weighted by atomic mass is 9.84. The van der Waals surface area contributed by atoms with Crippen molar-refractivity contribution in [1.82, 2.24) is 5.32 Å². The minimum atomic E-state index is 0.102. The van der Waals surface area contributed by atoms with Crippen molar-refractivity contribution in [2.75, 3.05) is 20.2 Å². The van der Waals surface area contributed by atoms with E-state index in [9.17, 15) is 0 Å². The van der Waals surface area contributed by atoms with E-state index < -0.39 is 0 Å². The van der Waals surface area contributed by atoms with E-state index in [1.807, 2.05) is 0 Å². The van der Waals surface area contributed by atoms with Crippen LogP contribution in [0.2, 0.25) is 0 Å². The van der Waals surface area contributed by atoms with Crippen LogP contribution in [0.25, 0.3) is 5.57 Å². The summed E-state index contributed by atoms with van der Waals surface area (Å²) >= 11 is 0. The molecule has 2 rings (SSSR count). The zero-order valence-corrected chi connectivity index (χ0v) is 12.5. The molecule has 0 bridgehead atoms. The molecule has 0 atom stereocenters. The molecule has 2 nitrogen and oxygen atoms in total. The third-order valence-electron chi connectivity index (χ3n) is 3.66. The van der Waals surface area contributed by atoms with Gasteiger partial charge in [-0.15, -0.1) is 0 Å². The van der Waals surface area contributed by atoms with Gasteiger partial charge in [-0.05, 0) is 54.6 Å². The summed E-state index contributed by atoms with van der Waals surface area (Å²) in [5, 5.41) is 3.44. The summed E-state index contributed by atoms with van der Waals surface area (Å²) in [6, 6.07) is 6.59. The molecule has 1 aliphatic rings. The lowest BCUT2D eigenvalue weighted by Gasteiger charge is -2.23. The van der Waals surface area contributed by atoms with Gasteiger partial charge in [-0.1, -0.05) is 32.9 Å². The average molecular weight is 259 g/mol. The van der Waals surface area contributed by atoms with Crippen LogP contribution in [0, 0.1) is 0 Å². The van der Waals surface area contributed by atoms with Gasteiger partial charge in [-0.25, -0.2) is 0 Å². The average Bonchev–Trinajstić information content (AvgIpc) is 2.66. The quantitative estimate of drug-likeness (QED) is 0.873. The number of ether oxygens (including phenoxy) is 1. The molecule has 0 aromatic heterocycles. The van der Waals surface area contributed by atoms with E-state index >= 15 is 0 Å². The molecule has 0 unspecified atom stereocenters. The number of hydrogen-bond donors (Lipinski definition) is 1. The van der Waals surface area contributed by atoms with Crippen molar-refractivity contribution in [1.29, 1.82) is 0 Å². The van der Waals surface area contributed by atoms with Gasteiger partial charge in [-0.3, -0.25) is 0 Å². The SMILES string of the molecule is COc1ccc(C2=CCCNCC2)cc1C(C)(C)C. The first-order valence-electron chi connectivity index (χ1n) is 7.11. The van der Waals surface area contributed by atoms with Gasteiger partial charge in [0.1, 0.15) is 5.75 Å².